The Morgan fingerprint density at radius 2 is 2.11 bits per heavy atom. The molecular weight excluding hydrogens is 285 g/mol. The van der Waals surface area contributed by atoms with Gasteiger partial charge in [-0.15, -0.1) is 23.2 Å². The Balaban J connectivity index is 2.21. The summed E-state index contributed by atoms with van der Waals surface area (Å²) in [6.45, 7) is 4.27. The van der Waals surface area contributed by atoms with Crippen molar-refractivity contribution in [2.24, 2.45) is 0 Å². The molecule has 0 bridgehead atoms. The zero-order valence-corrected chi connectivity index (χ0v) is 12.5. The van der Waals surface area contributed by atoms with Crippen LogP contribution in [0.3, 0.4) is 0 Å². The average molecular weight is 298 g/mol. The lowest BCUT2D eigenvalue weighted by molar-refractivity contribution is 0.914. The third kappa shape index (κ3) is 1.91. The van der Waals surface area contributed by atoms with E-state index in [-0.39, 0.29) is 10.1 Å². The maximum absolute atomic E-state index is 6.01. The molecule has 1 aliphatic rings. The van der Waals surface area contributed by atoms with Crippen molar-refractivity contribution in [2.75, 3.05) is 0 Å². The molecule has 18 heavy (non-hydrogen) atoms. The van der Waals surface area contributed by atoms with E-state index in [0.717, 1.165) is 17.0 Å². The Hall–Kier alpha value is -0.440. The van der Waals surface area contributed by atoms with Gasteiger partial charge >= 0.3 is 0 Å². The van der Waals surface area contributed by atoms with E-state index in [9.17, 15) is 0 Å². The smallest absolute Gasteiger partial charge is 0.120 e. The molecule has 94 valence electrons. The number of alkyl halides is 2. The van der Waals surface area contributed by atoms with Crippen LogP contribution in [-0.2, 0) is 6.42 Å². The molecule has 0 spiro atoms. The van der Waals surface area contributed by atoms with E-state index in [1.807, 2.05) is 0 Å². The number of benzene rings is 1. The van der Waals surface area contributed by atoms with Gasteiger partial charge in [0.25, 0.3) is 0 Å². The third-order valence-corrected chi connectivity index (χ3v) is 5.72. The summed E-state index contributed by atoms with van der Waals surface area (Å²) in [7, 11) is 0. The van der Waals surface area contributed by atoms with Crippen molar-refractivity contribution in [3.63, 3.8) is 0 Å². The van der Waals surface area contributed by atoms with Crippen LogP contribution in [0.15, 0.2) is 23.2 Å². The van der Waals surface area contributed by atoms with Crippen LogP contribution in [0.5, 0.6) is 0 Å². The summed E-state index contributed by atoms with van der Waals surface area (Å²) in [5.74, 6) is 0. The van der Waals surface area contributed by atoms with E-state index in [1.54, 1.807) is 11.8 Å². The number of halogens is 2. The van der Waals surface area contributed by atoms with Gasteiger partial charge in [0.2, 0.25) is 0 Å². The highest BCUT2D eigenvalue weighted by Gasteiger charge is 2.30. The molecule has 1 aromatic heterocycles. The van der Waals surface area contributed by atoms with Crippen LogP contribution >= 0.6 is 35.0 Å². The molecule has 4 heteroatoms. The molecule has 1 nitrogen and oxygen atoms in total. The van der Waals surface area contributed by atoms with Crippen LogP contribution in [0, 0.1) is 13.8 Å². The summed E-state index contributed by atoms with van der Waals surface area (Å²) in [4.78, 5) is 4.45. The molecule has 0 amide bonds. The first-order chi connectivity index (χ1) is 8.58. The van der Waals surface area contributed by atoms with Crippen LogP contribution in [0.4, 0.5) is 0 Å². The quantitative estimate of drug-likeness (QED) is 0.709. The molecule has 0 radical (unpaired) electrons. The van der Waals surface area contributed by atoms with Gasteiger partial charge in [-0.2, -0.15) is 0 Å². The number of rotatable bonds is 1. The van der Waals surface area contributed by atoms with E-state index in [1.165, 1.54) is 22.1 Å². The second kappa shape index (κ2) is 4.59. The molecule has 1 aromatic carbocycles. The molecule has 1 unspecified atom stereocenters. The summed E-state index contributed by atoms with van der Waals surface area (Å²) >= 11 is 13.7. The zero-order chi connectivity index (χ0) is 12.9. The highest BCUT2D eigenvalue weighted by Crippen LogP contribution is 2.43. The highest BCUT2D eigenvalue weighted by molar-refractivity contribution is 8.00. The molecule has 0 saturated heterocycles. The van der Waals surface area contributed by atoms with Gasteiger partial charge in [0, 0.05) is 10.6 Å². The lowest BCUT2D eigenvalue weighted by atomic mass is 10.0. The second-order valence-electron chi connectivity index (χ2n) is 4.69. The summed E-state index contributed by atoms with van der Waals surface area (Å²) in [5.41, 5.74) is 4.95. The van der Waals surface area contributed by atoms with E-state index >= 15 is 0 Å². The Morgan fingerprint density at radius 1 is 1.33 bits per heavy atom. The molecule has 2 heterocycles. The topological polar surface area (TPSA) is 12.9 Å². The van der Waals surface area contributed by atoms with Crippen molar-refractivity contribution >= 4 is 45.9 Å². The predicted octanol–water partition coefficient (Wildman–Crippen LogP) is 4.67. The summed E-state index contributed by atoms with van der Waals surface area (Å²) in [5, 5.41) is 2.58. The minimum atomic E-state index is -0.340. The van der Waals surface area contributed by atoms with Gasteiger partial charge in [0.1, 0.15) is 9.86 Å². The van der Waals surface area contributed by atoms with Gasteiger partial charge in [-0.05, 0) is 37.0 Å². The van der Waals surface area contributed by atoms with Crippen molar-refractivity contribution in [3.05, 3.63) is 34.9 Å². The minimum absolute atomic E-state index is 0.228. The monoisotopic (exact) mass is 297 g/mol. The van der Waals surface area contributed by atoms with Crippen LogP contribution in [-0.4, -0.2) is 15.1 Å². The second-order valence-corrected chi connectivity index (χ2v) is 7.08. The molecule has 3 rings (SSSR count). The number of aryl methyl sites for hydroxylation is 2. The Bertz CT molecular complexity index is 625. The van der Waals surface area contributed by atoms with Crippen LogP contribution in [0.1, 0.15) is 16.7 Å². The number of hydrogen-bond donors (Lipinski definition) is 0. The van der Waals surface area contributed by atoms with Gasteiger partial charge in [-0.1, -0.05) is 30.0 Å². The molecule has 0 N–H and O–H groups in total. The molecule has 2 aromatic rings. The number of fused-ring (bicyclic) bond motifs is 2. The van der Waals surface area contributed by atoms with Crippen molar-refractivity contribution in [1.82, 2.24) is 4.98 Å². The maximum atomic E-state index is 6.01. The number of pyridine rings is 1. The average Bonchev–Trinajstić information content (AvgIpc) is 2.75. The number of para-hydroxylation sites is 1. The first-order valence-electron chi connectivity index (χ1n) is 5.91. The molecule has 0 aliphatic carbocycles. The predicted molar refractivity (Wildman–Crippen MR) is 80.1 cm³/mol. The van der Waals surface area contributed by atoms with Crippen molar-refractivity contribution < 1.29 is 0 Å². The summed E-state index contributed by atoms with van der Waals surface area (Å²) in [6.07, 6.45) is 0.917. The fourth-order valence-corrected chi connectivity index (χ4v) is 4.12. The SMILES string of the molecule is Cc1c2c(nc3c(C)cccc13)SC(C(Cl)Cl)C2. The van der Waals surface area contributed by atoms with E-state index in [2.05, 4.69) is 32.0 Å². The fourth-order valence-electron chi connectivity index (χ4n) is 2.47. The van der Waals surface area contributed by atoms with Crippen molar-refractivity contribution in [3.8, 4) is 0 Å². The third-order valence-electron chi connectivity index (χ3n) is 3.52. The highest BCUT2D eigenvalue weighted by atomic mass is 35.5. The molecule has 1 aliphatic heterocycles. The van der Waals surface area contributed by atoms with E-state index in [0.29, 0.717) is 0 Å². The van der Waals surface area contributed by atoms with Gasteiger partial charge in [-0.25, -0.2) is 4.98 Å². The molecule has 0 saturated carbocycles. The van der Waals surface area contributed by atoms with E-state index < -0.39 is 0 Å². The molecular formula is C14H13Cl2NS. The zero-order valence-electron chi connectivity index (χ0n) is 10.2. The molecule has 1 atom stereocenters. The Kier molecular flexibility index (Phi) is 3.21. The van der Waals surface area contributed by atoms with Gasteiger partial charge in [0.05, 0.1) is 5.52 Å². The maximum Gasteiger partial charge on any atom is 0.120 e. The minimum Gasteiger partial charge on any atom is -0.241 e. The van der Waals surface area contributed by atoms with Crippen LogP contribution < -0.4 is 0 Å². The summed E-state index contributed by atoms with van der Waals surface area (Å²) < 4.78 is 0. The van der Waals surface area contributed by atoms with Gasteiger partial charge in [-0.3, -0.25) is 0 Å². The standard InChI is InChI=1S/C14H13Cl2NS/c1-7-4-3-5-9-8(2)10-6-11(13(15)16)18-14(10)17-12(7)9/h3-5,11,13H,6H2,1-2H3. The number of aromatic nitrogens is 1. The fraction of sp³-hybridized carbons (Fsp3) is 0.357. The van der Waals surface area contributed by atoms with Crippen LogP contribution in [0.25, 0.3) is 10.9 Å². The van der Waals surface area contributed by atoms with Crippen molar-refractivity contribution in [2.45, 2.75) is 35.4 Å². The largest absolute Gasteiger partial charge is 0.241 e. The Labute approximate surface area is 121 Å². The number of hydrogen-bond acceptors (Lipinski definition) is 2. The lowest BCUT2D eigenvalue weighted by Crippen LogP contribution is -2.10. The molecule has 0 fully saturated rings. The van der Waals surface area contributed by atoms with Gasteiger partial charge in [0.15, 0.2) is 0 Å². The first kappa shape index (κ1) is 12.6. The number of thioether (sulfide) groups is 1. The summed E-state index contributed by atoms with van der Waals surface area (Å²) in [6, 6.07) is 6.33. The number of nitrogens with zero attached hydrogens (tertiary/aromatic N) is 1. The Morgan fingerprint density at radius 3 is 2.83 bits per heavy atom. The van der Waals surface area contributed by atoms with Crippen LogP contribution in [0.2, 0.25) is 0 Å². The lowest BCUT2D eigenvalue weighted by Gasteiger charge is -2.09. The van der Waals surface area contributed by atoms with E-state index in [4.69, 9.17) is 28.2 Å². The van der Waals surface area contributed by atoms with Crippen molar-refractivity contribution in [1.29, 1.82) is 0 Å². The van der Waals surface area contributed by atoms with Gasteiger partial charge < -0.3 is 0 Å². The first-order valence-corrected chi connectivity index (χ1v) is 7.67. The normalized spacial score (nSPS) is 18.6.